The summed E-state index contributed by atoms with van der Waals surface area (Å²) in [6, 6.07) is 0.481. The second kappa shape index (κ2) is 7.10. The van der Waals surface area contributed by atoms with Crippen molar-refractivity contribution >= 4 is 27.8 Å². The van der Waals surface area contributed by atoms with Gasteiger partial charge >= 0.3 is 5.97 Å². The highest BCUT2D eigenvalue weighted by Crippen LogP contribution is 2.19. The minimum absolute atomic E-state index is 0.0712. The third kappa shape index (κ3) is 4.53. The first-order valence-electron chi connectivity index (χ1n) is 5.44. The standard InChI is InChI=1S/C12H14BrNO5/c1-3-4-18-6-8(12(16)17)14-11(15)10-7(2)5-9(13)19-10/h3,5,8H,1,4,6H2,2H3,(H,14,15)(H,16,17). The van der Waals surface area contributed by atoms with E-state index in [-0.39, 0.29) is 19.0 Å². The molecule has 0 aliphatic rings. The summed E-state index contributed by atoms with van der Waals surface area (Å²) in [6.45, 7) is 5.20. The monoisotopic (exact) mass is 331 g/mol. The Hall–Kier alpha value is -1.60. The summed E-state index contributed by atoms with van der Waals surface area (Å²) >= 11 is 3.10. The van der Waals surface area contributed by atoms with Gasteiger partial charge in [-0.05, 0) is 28.9 Å². The molecule has 1 heterocycles. The zero-order valence-electron chi connectivity index (χ0n) is 10.3. The number of furan rings is 1. The van der Waals surface area contributed by atoms with Gasteiger partial charge in [-0.2, -0.15) is 0 Å². The predicted octanol–water partition coefficient (Wildman–Crippen LogP) is 1.74. The van der Waals surface area contributed by atoms with E-state index in [1.54, 1.807) is 13.0 Å². The van der Waals surface area contributed by atoms with Crippen molar-refractivity contribution in [2.24, 2.45) is 0 Å². The van der Waals surface area contributed by atoms with E-state index in [2.05, 4.69) is 27.8 Å². The number of hydrogen-bond acceptors (Lipinski definition) is 4. The fourth-order valence-corrected chi connectivity index (χ4v) is 1.84. The van der Waals surface area contributed by atoms with Crippen molar-refractivity contribution in [1.82, 2.24) is 5.32 Å². The Morgan fingerprint density at radius 1 is 1.68 bits per heavy atom. The second-order valence-corrected chi connectivity index (χ2v) is 4.53. The SMILES string of the molecule is C=CCOCC(NC(=O)c1oc(Br)cc1C)C(=O)O. The molecule has 1 amide bonds. The summed E-state index contributed by atoms with van der Waals surface area (Å²) in [5.41, 5.74) is 0.612. The van der Waals surface area contributed by atoms with E-state index in [9.17, 15) is 9.59 Å². The summed E-state index contributed by atoms with van der Waals surface area (Å²) in [7, 11) is 0. The van der Waals surface area contributed by atoms with Crippen LogP contribution in [0.2, 0.25) is 0 Å². The number of nitrogens with one attached hydrogen (secondary N) is 1. The highest BCUT2D eigenvalue weighted by atomic mass is 79.9. The average molecular weight is 332 g/mol. The Labute approximate surface area is 118 Å². The first-order chi connectivity index (χ1) is 8.95. The summed E-state index contributed by atoms with van der Waals surface area (Å²) < 4.78 is 10.6. The molecule has 0 saturated carbocycles. The van der Waals surface area contributed by atoms with Crippen molar-refractivity contribution in [1.29, 1.82) is 0 Å². The minimum atomic E-state index is -1.18. The van der Waals surface area contributed by atoms with Crippen molar-refractivity contribution in [3.8, 4) is 0 Å². The van der Waals surface area contributed by atoms with Crippen LogP contribution in [0.4, 0.5) is 0 Å². The number of aliphatic carboxylic acids is 1. The highest BCUT2D eigenvalue weighted by molar-refractivity contribution is 9.10. The van der Waals surface area contributed by atoms with E-state index in [0.717, 1.165) is 0 Å². The van der Waals surface area contributed by atoms with Gasteiger partial charge in [0.1, 0.15) is 0 Å². The first kappa shape index (κ1) is 15.5. The van der Waals surface area contributed by atoms with Gasteiger partial charge in [-0.15, -0.1) is 6.58 Å². The molecule has 0 aromatic carbocycles. The summed E-state index contributed by atoms with van der Waals surface area (Å²) in [4.78, 5) is 22.9. The topological polar surface area (TPSA) is 88.8 Å². The van der Waals surface area contributed by atoms with Crippen LogP contribution in [0.1, 0.15) is 16.1 Å². The van der Waals surface area contributed by atoms with Crippen LogP contribution in [-0.4, -0.2) is 36.2 Å². The zero-order chi connectivity index (χ0) is 14.4. The van der Waals surface area contributed by atoms with Gasteiger partial charge in [-0.25, -0.2) is 4.79 Å². The molecule has 104 valence electrons. The minimum Gasteiger partial charge on any atom is -0.480 e. The number of carbonyl (C=O) groups excluding carboxylic acids is 1. The van der Waals surface area contributed by atoms with Gasteiger partial charge in [-0.3, -0.25) is 4.79 Å². The molecule has 0 aliphatic heterocycles. The average Bonchev–Trinajstić information content (AvgIpc) is 2.67. The van der Waals surface area contributed by atoms with E-state index in [0.29, 0.717) is 10.2 Å². The van der Waals surface area contributed by atoms with Gasteiger partial charge < -0.3 is 19.6 Å². The number of hydrogen-bond donors (Lipinski definition) is 2. The van der Waals surface area contributed by atoms with Crippen LogP contribution in [0.5, 0.6) is 0 Å². The van der Waals surface area contributed by atoms with E-state index in [1.807, 2.05) is 0 Å². The molecule has 7 heteroatoms. The van der Waals surface area contributed by atoms with Gasteiger partial charge in [0.15, 0.2) is 16.5 Å². The van der Waals surface area contributed by atoms with Gasteiger partial charge in [0.25, 0.3) is 5.91 Å². The fraction of sp³-hybridized carbons (Fsp3) is 0.333. The lowest BCUT2D eigenvalue weighted by Crippen LogP contribution is -2.44. The molecule has 1 unspecified atom stereocenters. The number of rotatable bonds is 7. The Bertz CT molecular complexity index is 482. The molecule has 2 N–H and O–H groups in total. The van der Waals surface area contributed by atoms with Gasteiger partial charge in [0, 0.05) is 5.56 Å². The van der Waals surface area contributed by atoms with E-state index >= 15 is 0 Å². The zero-order valence-corrected chi connectivity index (χ0v) is 11.9. The van der Waals surface area contributed by atoms with Crippen molar-refractivity contribution in [3.05, 3.63) is 34.7 Å². The summed E-state index contributed by atoms with van der Waals surface area (Å²) in [5.74, 6) is -1.71. The van der Waals surface area contributed by atoms with E-state index in [4.69, 9.17) is 14.3 Å². The molecule has 1 rings (SSSR count). The Balaban J connectivity index is 2.68. The van der Waals surface area contributed by atoms with Crippen LogP contribution < -0.4 is 5.32 Å². The lowest BCUT2D eigenvalue weighted by molar-refractivity contribution is -0.140. The number of carbonyl (C=O) groups is 2. The number of amides is 1. The van der Waals surface area contributed by atoms with E-state index < -0.39 is 17.9 Å². The van der Waals surface area contributed by atoms with Crippen molar-refractivity contribution in [3.63, 3.8) is 0 Å². The van der Waals surface area contributed by atoms with Crippen LogP contribution in [0.3, 0.4) is 0 Å². The van der Waals surface area contributed by atoms with Crippen molar-refractivity contribution in [2.75, 3.05) is 13.2 Å². The fourth-order valence-electron chi connectivity index (χ4n) is 1.34. The third-order valence-electron chi connectivity index (χ3n) is 2.22. The molecular formula is C12H14BrNO5. The number of halogens is 1. The smallest absolute Gasteiger partial charge is 0.328 e. The van der Waals surface area contributed by atoms with Gasteiger partial charge in [0.2, 0.25) is 0 Å². The molecule has 0 aliphatic carbocycles. The van der Waals surface area contributed by atoms with Crippen LogP contribution in [0.25, 0.3) is 0 Å². The number of carboxylic acids is 1. The maximum atomic E-state index is 11.9. The van der Waals surface area contributed by atoms with Crippen LogP contribution in [-0.2, 0) is 9.53 Å². The van der Waals surface area contributed by atoms with Gasteiger partial charge in [-0.1, -0.05) is 6.08 Å². The number of carboxylic acid groups (broad SMARTS) is 1. The largest absolute Gasteiger partial charge is 0.480 e. The maximum absolute atomic E-state index is 11.9. The Kier molecular flexibility index (Phi) is 5.78. The summed E-state index contributed by atoms with van der Waals surface area (Å²) in [6.07, 6.45) is 1.49. The van der Waals surface area contributed by atoms with Crippen molar-refractivity contribution in [2.45, 2.75) is 13.0 Å². The van der Waals surface area contributed by atoms with Gasteiger partial charge in [0.05, 0.1) is 13.2 Å². The van der Waals surface area contributed by atoms with Crippen LogP contribution >= 0.6 is 15.9 Å². The van der Waals surface area contributed by atoms with Crippen LogP contribution in [0, 0.1) is 6.92 Å². The Morgan fingerprint density at radius 3 is 2.84 bits per heavy atom. The second-order valence-electron chi connectivity index (χ2n) is 3.75. The normalized spacial score (nSPS) is 11.9. The molecule has 6 nitrogen and oxygen atoms in total. The molecule has 0 bridgehead atoms. The lowest BCUT2D eigenvalue weighted by atomic mass is 10.2. The molecule has 0 fully saturated rings. The maximum Gasteiger partial charge on any atom is 0.328 e. The molecule has 19 heavy (non-hydrogen) atoms. The molecule has 1 aromatic heterocycles. The summed E-state index contributed by atoms with van der Waals surface area (Å²) in [5, 5.41) is 11.3. The molecular weight excluding hydrogens is 318 g/mol. The number of aryl methyl sites for hydroxylation is 1. The number of ether oxygens (including phenoxy) is 1. The molecule has 1 atom stereocenters. The van der Waals surface area contributed by atoms with E-state index in [1.165, 1.54) is 6.08 Å². The molecule has 0 spiro atoms. The predicted molar refractivity (Wildman–Crippen MR) is 71.1 cm³/mol. The molecule has 1 aromatic rings. The Morgan fingerprint density at radius 2 is 2.37 bits per heavy atom. The van der Waals surface area contributed by atoms with Crippen molar-refractivity contribution < 1.29 is 23.8 Å². The highest BCUT2D eigenvalue weighted by Gasteiger charge is 2.23. The van der Waals surface area contributed by atoms with Crippen LogP contribution in [0.15, 0.2) is 27.8 Å². The lowest BCUT2D eigenvalue weighted by Gasteiger charge is -2.13. The molecule has 0 saturated heterocycles. The third-order valence-corrected chi connectivity index (χ3v) is 2.61. The quantitative estimate of drug-likeness (QED) is 0.586. The first-order valence-corrected chi connectivity index (χ1v) is 6.23. The molecule has 0 radical (unpaired) electrons.